The van der Waals surface area contributed by atoms with Gasteiger partial charge in [-0.15, -0.1) is 0 Å². The van der Waals surface area contributed by atoms with E-state index in [9.17, 15) is 4.39 Å². The highest BCUT2D eigenvalue weighted by Crippen LogP contribution is 2.17. The van der Waals surface area contributed by atoms with Crippen molar-refractivity contribution in [1.29, 1.82) is 0 Å². The van der Waals surface area contributed by atoms with E-state index in [0.717, 1.165) is 24.2 Å². The Morgan fingerprint density at radius 2 is 2.00 bits per heavy atom. The van der Waals surface area contributed by atoms with E-state index in [1.165, 1.54) is 12.1 Å². The van der Waals surface area contributed by atoms with Gasteiger partial charge >= 0.3 is 0 Å². The highest BCUT2D eigenvalue weighted by molar-refractivity contribution is 5.20. The van der Waals surface area contributed by atoms with E-state index >= 15 is 0 Å². The van der Waals surface area contributed by atoms with Crippen molar-refractivity contribution in [3.8, 4) is 0 Å². The fourth-order valence-electron chi connectivity index (χ4n) is 2.00. The smallest absolute Gasteiger partial charge is 0.123 e. The summed E-state index contributed by atoms with van der Waals surface area (Å²) < 4.78 is 14.7. The molecule has 0 bridgehead atoms. The fourth-order valence-corrected chi connectivity index (χ4v) is 2.00. The van der Waals surface area contributed by atoms with E-state index in [-0.39, 0.29) is 11.9 Å². The molecule has 0 aliphatic heterocycles. The van der Waals surface area contributed by atoms with Crippen LogP contribution in [0, 0.1) is 5.82 Å². The molecule has 3 nitrogen and oxygen atoms in total. The van der Waals surface area contributed by atoms with Crippen molar-refractivity contribution >= 4 is 0 Å². The second kappa shape index (κ2) is 5.78. The number of benzene rings is 1. The van der Waals surface area contributed by atoms with Gasteiger partial charge in [-0.05, 0) is 30.2 Å². The molecule has 18 heavy (non-hydrogen) atoms. The van der Waals surface area contributed by atoms with E-state index in [1.54, 1.807) is 6.20 Å². The Hall–Kier alpha value is -1.68. The molecule has 0 fully saturated rings. The molecule has 0 aliphatic rings. The summed E-state index contributed by atoms with van der Waals surface area (Å²) in [5.41, 5.74) is 2.25. The third-order valence-corrected chi connectivity index (χ3v) is 3.13. The molecule has 1 aromatic heterocycles. The van der Waals surface area contributed by atoms with Crippen molar-refractivity contribution in [2.24, 2.45) is 7.05 Å². The Morgan fingerprint density at radius 3 is 2.56 bits per heavy atom. The van der Waals surface area contributed by atoms with Crippen LogP contribution in [0.1, 0.15) is 30.6 Å². The van der Waals surface area contributed by atoms with Crippen LogP contribution in [0.15, 0.2) is 36.5 Å². The molecular formula is C14H18FN3. The van der Waals surface area contributed by atoms with Crippen LogP contribution in [0.25, 0.3) is 0 Å². The highest BCUT2D eigenvalue weighted by Gasteiger charge is 2.09. The molecule has 1 aromatic carbocycles. The van der Waals surface area contributed by atoms with Gasteiger partial charge in [0, 0.05) is 25.8 Å². The fraction of sp³-hybridized carbons (Fsp3) is 0.357. The summed E-state index contributed by atoms with van der Waals surface area (Å²) >= 11 is 0. The number of aromatic nitrogens is 2. The van der Waals surface area contributed by atoms with Gasteiger partial charge in [-0.25, -0.2) is 4.39 Å². The lowest BCUT2D eigenvalue weighted by molar-refractivity contribution is 0.502. The Bertz CT molecular complexity index is 490. The molecular weight excluding hydrogens is 229 g/mol. The van der Waals surface area contributed by atoms with Crippen LogP contribution >= 0.6 is 0 Å². The second-order valence-electron chi connectivity index (χ2n) is 4.34. The summed E-state index contributed by atoms with van der Waals surface area (Å²) in [6, 6.07) is 8.90. The molecule has 0 aliphatic carbocycles. The molecule has 96 valence electrons. The summed E-state index contributed by atoms with van der Waals surface area (Å²) in [4.78, 5) is 0. The standard InChI is InChI=1S/C14H18FN3/c1-3-14(11-4-6-12(15)7-5-11)16-10-13-8-9-17-18(13)2/h4-9,14,16H,3,10H2,1-2H3. The van der Waals surface area contributed by atoms with Gasteiger partial charge in [0.1, 0.15) is 5.82 Å². The molecule has 1 heterocycles. The number of nitrogens with zero attached hydrogens (tertiary/aromatic N) is 2. The summed E-state index contributed by atoms with van der Waals surface area (Å²) in [7, 11) is 1.93. The van der Waals surface area contributed by atoms with Crippen LogP contribution in [0.5, 0.6) is 0 Å². The van der Waals surface area contributed by atoms with E-state index in [0.29, 0.717) is 0 Å². The normalized spacial score (nSPS) is 12.6. The van der Waals surface area contributed by atoms with Crippen LogP contribution in [0.4, 0.5) is 4.39 Å². The van der Waals surface area contributed by atoms with Crippen LogP contribution in [0.3, 0.4) is 0 Å². The number of aryl methyl sites for hydroxylation is 1. The highest BCUT2D eigenvalue weighted by atomic mass is 19.1. The summed E-state index contributed by atoms with van der Waals surface area (Å²) in [5, 5.41) is 7.60. The minimum absolute atomic E-state index is 0.194. The zero-order chi connectivity index (χ0) is 13.0. The third kappa shape index (κ3) is 2.96. The van der Waals surface area contributed by atoms with Gasteiger partial charge in [-0.2, -0.15) is 5.10 Å². The van der Waals surface area contributed by atoms with Crippen LogP contribution in [0.2, 0.25) is 0 Å². The number of hydrogen-bond acceptors (Lipinski definition) is 2. The number of hydrogen-bond donors (Lipinski definition) is 1. The number of rotatable bonds is 5. The quantitative estimate of drug-likeness (QED) is 0.880. The number of nitrogens with one attached hydrogen (secondary N) is 1. The number of halogens is 1. The van der Waals surface area contributed by atoms with Crippen LogP contribution < -0.4 is 5.32 Å². The van der Waals surface area contributed by atoms with E-state index < -0.39 is 0 Å². The first-order chi connectivity index (χ1) is 8.70. The van der Waals surface area contributed by atoms with Crippen molar-refractivity contribution < 1.29 is 4.39 Å². The van der Waals surface area contributed by atoms with E-state index in [1.807, 2.05) is 29.9 Å². The zero-order valence-corrected chi connectivity index (χ0v) is 10.7. The van der Waals surface area contributed by atoms with Crippen molar-refractivity contribution in [2.45, 2.75) is 25.9 Å². The first-order valence-corrected chi connectivity index (χ1v) is 6.16. The summed E-state index contributed by atoms with van der Waals surface area (Å²) in [6.07, 6.45) is 2.75. The van der Waals surface area contributed by atoms with Gasteiger partial charge in [-0.3, -0.25) is 4.68 Å². The maximum atomic E-state index is 12.9. The van der Waals surface area contributed by atoms with Gasteiger partial charge in [0.05, 0.1) is 5.69 Å². The second-order valence-corrected chi connectivity index (χ2v) is 4.34. The molecule has 1 atom stereocenters. The lowest BCUT2D eigenvalue weighted by atomic mass is 10.0. The summed E-state index contributed by atoms with van der Waals surface area (Å²) in [6.45, 7) is 2.87. The maximum absolute atomic E-state index is 12.9. The minimum Gasteiger partial charge on any atom is -0.304 e. The van der Waals surface area contributed by atoms with Gasteiger partial charge in [0.15, 0.2) is 0 Å². The molecule has 2 aromatic rings. The molecule has 4 heteroatoms. The monoisotopic (exact) mass is 247 g/mol. The Morgan fingerprint density at radius 1 is 1.28 bits per heavy atom. The zero-order valence-electron chi connectivity index (χ0n) is 10.7. The maximum Gasteiger partial charge on any atom is 0.123 e. The van der Waals surface area contributed by atoms with E-state index in [4.69, 9.17) is 0 Å². The molecule has 1 unspecified atom stereocenters. The Labute approximate surface area is 107 Å². The predicted molar refractivity (Wildman–Crippen MR) is 69.5 cm³/mol. The van der Waals surface area contributed by atoms with Crippen LogP contribution in [-0.2, 0) is 13.6 Å². The third-order valence-electron chi connectivity index (χ3n) is 3.13. The van der Waals surface area contributed by atoms with Crippen molar-refractivity contribution in [1.82, 2.24) is 15.1 Å². The lowest BCUT2D eigenvalue weighted by Crippen LogP contribution is -2.21. The van der Waals surface area contributed by atoms with Gasteiger partial charge in [0.25, 0.3) is 0 Å². The molecule has 0 saturated carbocycles. The molecule has 0 amide bonds. The van der Waals surface area contributed by atoms with Crippen molar-refractivity contribution in [2.75, 3.05) is 0 Å². The van der Waals surface area contributed by atoms with Gasteiger partial charge in [0.2, 0.25) is 0 Å². The molecule has 0 saturated heterocycles. The Kier molecular flexibility index (Phi) is 4.10. The Balaban J connectivity index is 2.01. The topological polar surface area (TPSA) is 29.9 Å². The molecule has 1 N–H and O–H groups in total. The SMILES string of the molecule is CCC(NCc1ccnn1C)c1ccc(F)cc1. The van der Waals surface area contributed by atoms with Crippen LogP contribution in [-0.4, -0.2) is 9.78 Å². The van der Waals surface area contributed by atoms with Gasteiger partial charge < -0.3 is 5.32 Å². The average molecular weight is 247 g/mol. The largest absolute Gasteiger partial charge is 0.304 e. The van der Waals surface area contributed by atoms with Gasteiger partial charge in [-0.1, -0.05) is 19.1 Å². The molecule has 0 spiro atoms. The molecule has 0 radical (unpaired) electrons. The first kappa shape index (κ1) is 12.8. The lowest BCUT2D eigenvalue weighted by Gasteiger charge is -2.17. The van der Waals surface area contributed by atoms with Crippen molar-refractivity contribution in [3.63, 3.8) is 0 Å². The predicted octanol–water partition coefficient (Wildman–Crippen LogP) is 2.80. The summed E-state index contributed by atoms with van der Waals surface area (Å²) in [5.74, 6) is -0.194. The van der Waals surface area contributed by atoms with Crippen molar-refractivity contribution in [3.05, 3.63) is 53.6 Å². The van der Waals surface area contributed by atoms with E-state index in [2.05, 4.69) is 17.3 Å². The first-order valence-electron chi connectivity index (χ1n) is 6.16. The minimum atomic E-state index is -0.194. The average Bonchev–Trinajstić information content (AvgIpc) is 2.78. The molecule has 2 rings (SSSR count).